The fraction of sp³-hybridized carbons (Fsp3) is 0.692. The highest BCUT2D eigenvalue weighted by Crippen LogP contribution is 2.35. The van der Waals surface area contributed by atoms with Crippen LogP contribution >= 0.6 is 0 Å². The number of hydrogen-bond acceptors (Lipinski definition) is 4. The van der Waals surface area contributed by atoms with Crippen molar-refractivity contribution in [3.63, 3.8) is 0 Å². The number of nitrogens with two attached hydrogens (primary N) is 1. The molecule has 1 aliphatic heterocycles. The Bertz CT molecular complexity index is 467. The second kappa shape index (κ2) is 4.85. The van der Waals surface area contributed by atoms with Crippen LogP contribution in [0.25, 0.3) is 0 Å². The molecule has 0 radical (unpaired) electrons. The summed E-state index contributed by atoms with van der Waals surface area (Å²) in [5, 5.41) is 6.90. The number of ether oxygens (including phenoxy) is 1. The van der Waals surface area contributed by atoms with E-state index in [-0.39, 0.29) is 17.9 Å². The minimum absolute atomic E-state index is 0.155. The molecule has 3 N–H and O–H groups in total. The van der Waals surface area contributed by atoms with Crippen LogP contribution in [0.3, 0.4) is 0 Å². The summed E-state index contributed by atoms with van der Waals surface area (Å²) in [7, 11) is 1.71. The van der Waals surface area contributed by atoms with Crippen LogP contribution in [0.4, 0.5) is 5.69 Å². The molecule has 2 heterocycles. The summed E-state index contributed by atoms with van der Waals surface area (Å²) in [6.45, 7) is 1.56. The van der Waals surface area contributed by atoms with Crippen LogP contribution in [0, 0.1) is 5.92 Å². The first-order valence-electron chi connectivity index (χ1n) is 6.79. The van der Waals surface area contributed by atoms with E-state index in [4.69, 9.17) is 10.5 Å². The van der Waals surface area contributed by atoms with Crippen LogP contribution in [0.1, 0.15) is 30.9 Å². The Kier molecular flexibility index (Phi) is 3.18. The molecule has 0 aromatic carbocycles. The molecule has 1 atom stereocenters. The largest absolute Gasteiger partial charge is 0.396 e. The molecule has 104 valence electrons. The zero-order valence-corrected chi connectivity index (χ0v) is 11.1. The molecular formula is C13H20N4O2. The summed E-state index contributed by atoms with van der Waals surface area (Å²) in [6.07, 6.45) is 4.59. The van der Waals surface area contributed by atoms with Crippen molar-refractivity contribution in [3.8, 4) is 0 Å². The molecule has 6 heteroatoms. The quantitative estimate of drug-likeness (QED) is 0.843. The van der Waals surface area contributed by atoms with E-state index in [2.05, 4.69) is 10.2 Å². The van der Waals surface area contributed by atoms with E-state index >= 15 is 0 Å². The van der Waals surface area contributed by atoms with Crippen LogP contribution in [-0.4, -0.2) is 47.3 Å². The number of anilines is 1. The van der Waals surface area contributed by atoms with Crippen molar-refractivity contribution in [1.82, 2.24) is 15.1 Å². The smallest absolute Gasteiger partial charge is 0.225 e. The van der Waals surface area contributed by atoms with Gasteiger partial charge >= 0.3 is 0 Å². The normalized spacial score (nSPS) is 30.4. The maximum Gasteiger partial charge on any atom is 0.225 e. The molecule has 0 spiro atoms. The first-order valence-corrected chi connectivity index (χ1v) is 6.79. The highest BCUT2D eigenvalue weighted by Gasteiger charge is 2.39. The highest BCUT2D eigenvalue weighted by molar-refractivity contribution is 5.80. The predicted molar refractivity (Wildman–Crippen MR) is 70.5 cm³/mol. The minimum atomic E-state index is 0.155. The van der Waals surface area contributed by atoms with Gasteiger partial charge in [0.05, 0.1) is 23.7 Å². The van der Waals surface area contributed by atoms with E-state index < -0.39 is 0 Å². The van der Waals surface area contributed by atoms with E-state index in [9.17, 15) is 4.79 Å². The third-order valence-electron chi connectivity index (χ3n) is 4.39. The Hall–Kier alpha value is -1.56. The molecule has 2 fully saturated rings. The van der Waals surface area contributed by atoms with Gasteiger partial charge in [-0.1, -0.05) is 0 Å². The standard InChI is InChI=1S/C13H20N4O2/c1-19-10-4-9(5-10)13(18)17-3-2-8(7-17)12-11(14)6-15-16-12/h6,8-10H,2-5,7,14H2,1H3,(H,15,16). The van der Waals surface area contributed by atoms with Gasteiger partial charge in [0, 0.05) is 32.0 Å². The molecular weight excluding hydrogens is 244 g/mol. The number of amides is 1. The maximum atomic E-state index is 12.3. The van der Waals surface area contributed by atoms with Gasteiger partial charge in [-0.25, -0.2) is 0 Å². The number of H-pyrrole nitrogens is 1. The molecule has 2 aliphatic rings. The molecule has 1 saturated carbocycles. The molecule has 0 bridgehead atoms. The summed E-state index contributed by atoms with van der Waals surface area (Å²) in [4.78, 5) is 14.3. The summed E-state index contributed by atoms with van der Waals surface area (Å²) >= 11 is 0. The van der Waals surface area contributed by atoms with E-state index in [0.29, 0.717) is 11.6 Å². The highest BCUT2D eigenvalue weighted by atomic mass is 16.5. The van der Waals surface area contributed by atoms with Crippen molar-refractivity contribution in [2.24, 2.45) is 5.92 Å². The van der Waals surface area contributed by atoms with Gasteiger partial charge in [0.25, 0.3) is 0 Å². The van der Waals surface area contributed by atoms with Crippen molar-refractivity contribution in [3.05, 3.63) is 11.9 Å². The number of hydrogen-bond donors (Lipinski definition) is 2. The Morgan fingerprint density at radius 3 is 3.00 bits per heavy atom. The van der Waals surface area contributed by atoms with Gasteiger partial charge in [0.1, 0.15) is 0 Å². The van der Waals surface area contributed by atoms with Crippen LogP contribution in [0.2, 0.25) is 0 Å². The lowest BCUT2D eigenvalue weighted by molar-refractivity contribution is -0.142. The van der Waals surface area contributed by atoms with Crippen molar-refractivity contribution in [2.45, 2.75) is 31.3 Å². The average Bonchev–Trinajstić information content (AvgIpc) is 2.95. The van der Waals surface area contributed by atoms with Gasteiger partial charge in [0.2, 0.25) is 5.91 Å². The molecule has 1 amide bonds. The third kappa shape index (κ3) is 2.20. The average molecular weight is 264 g/mol. The van der Waals surface area contributed by atoms with E-state index in [1.807, 2.05) is 4.90 Å². The molecule has 1 unspecified atom stereocenters. The fourth-order valence-electron chi connectivity index (χ4n) is 3.05. The second-order valence-corrected chi connectivity index (χ2v) is 5.53. The maximum absolute atomic E-state index is 12.3. The van der Waals surface area contributed by atoms with Gasteiger partial charge in [-0.15, -0.1) is 0 Å². The number of nitrogen functional groups attached to an aromatic ring is 1. The summed E-state index contributed by atoms with van der Waals surface area (Å²) < 4.78 is 5.22. The Morgan fingerprint density at radius 1 is 1.58 bits per heavy atom. The number of aromatic nitrogens is 2. The van der Waals surface area contributed by atoms with Crippen molar-refractivity contribution in [1.29, 1.82) is 0 Å². The van der Waals surface area contributed by atoms with Gasteiger partial charge in [-0.05, 0) is 19.3 Å². The minimum Gasteiger partial charge on any atom is -0.396 e. The number of nitrogens with one attached hydrogen (secondary N) is 1. The van der Waals surface area contributed by atoms with Crippen LogP contribution in [0.15, 0.2) is 6.20 Å². The lowest BCUT2D eigenvalue weighted by Crippen LogP contribution is -2.43. The molecule has 1 aromatic heterocycles. The SMILES string of the molecule is COC1CC(C(=O)N2CCC(c3[nH]ncc3N)C2)C1. The van der Waals surface area contributed by atoms with Gasteiger partial charge in [-0.3, -0.25) is 9.89 Å². The van der Waals surface area contributed by atoms with Crippen molar-refractivity contribution in [2.75, 3.05) is 25.9 Å². The monoisotopic (exact) mass is 264 g/mol. The summed E-state index contributed by atoms with van der Waals surface area (Å²) in [5.74, 6) is 0.724. The van der Waals surface area contributed by atoms with Crippen LogP contribution in [-0.2, 0) is 9.53 Å². The van der Waals surface area contributed by atoms with Crippen LogP contribution < -0.4 is 5.73 Å². The molecule has 3 rings (SSSR count). The lowest BCUT2D eigenvalue weighted by Gasteiger charge is -2.35. The van der Waals surface area contributed by atoms with Crippen molar-refractivity contribution >= 4 is 11.6 Å². The van der Waals surface area contributed by atoms with Crippen molar-refractivity contribution < 1.29 is 9.53 Å². The topological polar surface area (TPSA) is 84.2 Å². The Morgan fingerprint density at radius 2 is 2.37 bits per heavy atom. The van der Waals surface area contributed by atoms with E-state index in [1.54, 1.807) is 13.3 Å². The molecule has 19 heavy (non-hydrogen) atoms. The Labute approximate surface area is 112 Å². The third-order valence-corrected chi connectivity index (χ3v) is 4.39. The number of methoxy groups -OCH3 is 1. The zero-order chi connectivity index (χ0) is 13.4. The number of aromatic amines is 1. The lowest BCUT2D eigenvalue weighted by atomic mass is 9.81. The van der Waals surface area contributed by atoms with Crippen LogP contribution in [0.5, 0.6) is 0 Å². The molecule has 1 saturated heterocycles. The molecule has 1 aliphatic carbocycles. The summed E-state index contributed by atoms with van der Waals surface area (Å²) in [5.41, 5.74) is 7.53. The van der Waals surface area contributed by atoms with Gasteiger partial charge < -0.3 is 15.4 Å². The number of rotatable bonds is 3. The predicted octanol–water partition coefficient (Wildman–Crippen LogP) is 0.733. The Balaban J connectivity index is 1.57. The number of nitrogens with zero attached hydrogens (tertiary/aromatic N) is 2. The first-order chi connectivity index (χ1) is 9.19. The first kappa shape index (κ1) is 12.5. The molecule has 1 aromatic rings. The number of carbonyl (C=O) groups excluding carboxylic acids is 1. The van der Waals surface area contributed by atoms with E-state index in [0.717, 1.165) is 38.0 Å². The number of carbonyl (C=O) groups is 1. The zero-order valence-electron chi connectivity index (χ0n) is 11.1. The van der Waals surface area contributed by atoms with E-state index in [1.165, 1.54) is 0 Å². The summed E-state index contributed by atoms with van der Waals surface area (Å²) in [6, 6.07) is 0. The second-order valence-electron chi connectivity index (χ2n) is 5.53. The molecule has 6 nitrogen and oxygen atoms in total. The number of likely N-dealkylation sites (tertiary alicyclic amines) is 1. The van der Waals surface area contributed by atoms with Gasteiger partial charge in [0.15, 0.2) is 0 Å². The fourth-order valence-corrected chi connectivity index (χ4v) is 3.05. The van der Waals surface area contributed by atoms with Gasteiger partial charge in [-0.2, -0.15) is 5.10 Å².